The van der Waals surface area contributed by atoms with E-state index >= 15 is 0 Å². The summed E-state index contributed by atoms with van der Waals surface area (Å²) in [6, 6.07) is 10.5. The van der Waals surface area contributed by atoms with E-state index in [1.54, 1.807) is 0 Å². The lowest BCUT2D eigenvalue weighted by atomic mass is 10.1. The molecule has 4 heteroatoms. The molecule has 1 heterocycles. The molecule has 1 aromatic carbocycles. The summed E-state index contributed by atoms with van der Waals surface area (Å²) in [5.41, 5.74) is 1.47. The molecular weight excluding hydrogens is 254 g/mol. The molecule has 0 amide bonds. The second kappa shape index (κ2) is 6.33. The molecule has 0 aromatic heterocycles. The Balaban J connectivity index is 1.71. The van der Waals surface area contributed by atoms with Crippen molar-refractivity contribution >= 4 is 22.6 Å². The summed E-state index contributed by atoms with van der Waals surface area (Å²) in [7, 11) is 2.13. The van der Waals surface area contributed by atoms with Crippen molar-refractivity contribution in [1.29, 1.82) is 0 Å². The van der Waals surface area contributed by atoms with Crippen molar-refractivity contribution in [3.05, 3.63) is 30.3 Å². The standard InChI is InChI=1S/C15H23N3S/c1-15(2)12-19-14(17-15)16-10-7-11-18(3)13-8-5-4-6-9-13/h4-6,8-9H,7,10-12H2,1-3H3,(H,16,17). The van der Waals surface area contributed by atoms with Crippen LogP contribution in [0.4, 0.5) is 5.69 Å². The zero-order valence-corrected chi connectivity index (χ0v) is 12.8. The van der Waals surface area contributed by atoms with Gasteiger partial charge in [-0.25, -0.2) is 0 Å². The Morgan fingerprint density at radius 3 is 2.68 bits per heavy atom. The van der Waals surface area contributed by atoms with Gasteiger partial charge in [-0.1, -0.05) is 30.0 Å². The topological polar surface area (TPSA) is 27.6 Å². The first kappa shape index (κ1) is 14.3. The SMILES string of the molecule is CN(CCCN=C1NC(C)(C)CS1)c1ccccc1. The summed E-state index contributed by atoms with van der Waals surface area (Å²) >= 11 is 1.83. The molecular formula is C15H23N3S. The molecule has 1 aliphatic rings. The summed E-state index contributed by atoms with van der Waals surface area (Å²) in [4.78, 5) is 6.90. The van der Waals surface area contributed by atoms with Gasteiger partial charge in [0, 0.05) is 37.1 Å². The Labute approximate surface area is 120 Å². The second-order valence-corrected chi connectivity index (χ2v) is 6.56. The van der Waals surface area contributed by atoms with E-state index in [1.807, 2.05) is 17.8 Å². The van der Waals surface area contributed by atoms with E-state index in [0.29, 0.717) is 0 Å². The van der Waals surface area contributed by atoms with Crippen molar-refractivity contribution < 1.29 is 0 Å². The maximum Gasteiger partial charge on any atom is 0.157 e. The van der Waals surface area contributed by atoms with E-state index in [1.165, 1.54) is 5.69 Å². The van der Waals surface area contributed by atoms with E-state index in [9.17, 15) is 0 Å². The Morgan fingerprint density at radius 2 is 2.05 bits per heavy atom. The largest absolute Gasteiger partial charge is 0.375 e. The van der Waals surface area contributed by atoms with Crippen LogP contribution in [0.1, 0.15) is 20.3 Å². The maximum absolute atomic E-state index is 4.63. The molecule has 0 spiro atoms. The highest BCUT2D eigenvalue weighted by Gasteiger charge is 2.26. The first-order valence-corrected chi connectivity index (χ1v) is 7.77. The van der Waals surface area contributed by atoms with Crippen LogP contribution in [0.25, 0.3) is 0 Å². The normalized spacial score (nSPS) is 19.4. The van der Waals surface area contributed by atoms with Gasteiger partial charge in [-0.3, -0.25) is 4.99 Å². The zero-order chi connectivity index (χ0) is 13.7. The number of amidine groups is 1. The molecule has 0 unspecified atom stereocenters. The predicted molar refractivity (Wildman–Crippen MR) is 86.3 cm³/mol. The van der Waals surface area contributed by atoms with Gasteiger partial charge in [-0.05, 0) is 32.4 Å². The minimum Gasteiger partial charge on any atom is -0.375 e. The number of hydrogen-bond acceptors (Lipinski definition) is 3. The van der Waals surface area contributed by atoms with Crippen LogP contribution in [-0.2, 0) is 0 Å². The first-order valence-electron chi connectivity index (χ1n) is 6.78. The van der Waals surface area contributed by atoms with Crippen molar-refractivity contribution in [2.24, 2.45) is 4.99 Å². The predicted octanol–water partition coefficient (Wildman–Crippen LogP) is 2.98. The number of thioether (sulfide) groups is 1. The molecule has 0 saturated carbocycles. The lowest BCUT2D eigenvalue weighted by molar-refractivity contribution is 0.536. The zero-order valence-electron chi connectivity index (χ0n) is 12.0. The molecule has 1 saturated heterocycles. The molecule has 0 aliphatic carbocycles. The molecule has 1 N–H and O–H groups in total. The van der Waals surface area contributed by atoms with Crippen molar-refractivity contribution in [3.8, 4) is 0 Å². The number of rotatable bonds is 5. The van der Waals surface area contributed by atoms with Crippen molar-refractivity contribution in [2.45, 2.75) is 25.8 Å². The summed E-state index contributed by atoms with van der Waals surface area (Å²) < 4.78 is 0. The number of nitrogens with zero attached hydrogens (tertiary/aromatic N) is 2. The number of benzene rings is 1. The third-order valence-electron chi connectivity index (χ3n) is 3.12. The smallest absolute Gasteiger partial charge is 0.157 e. The minimum absolute atomic E-state index is 0.199. The van der Waals surface area contributed by atoms with Crippen LogP contribution in [-0.4, -0.2) is 36.6 Å². The summed E-state index contributed by atoms with van der Waals surface area (Å²) in [5, 5.41) is 4.55. The average Bonchev–Trinajstić information content (AvgIpc) is 2.75. The van der Waals surface area contributed by atoms with Crippen LogP contribution in [0.2, 0.25) is 0 Å². The van der Waals surface area contributed by atoms with Gasteiger partial charge in [0.1, 0.15) is 0 Å². The fraction of sp³-hybridized carbons (Fsp3) is 0.533. The molecule has 1 fully saturated rings. The lowest BCUT2D eigenvalue weighted by Crippen LogP contribution is -2.37. The second-order valence-electron chi connectivity index (χ2n) is 5.60. The quantitative estimate of drug-likeness (QED) is 0.839. The Kier molecular flexibility index (Phi) is 4.75. The van der Waals surface area contributed by atoms with Crippen LogP contribution in [0.15, 0.2) is 35.3 Å². The third-order valence-corrected chi connectivity index (χ3v) is 4.49. The minimum atomic E-state index is 0.199. The summed E-state index contributed by atoms with van der Waals surface area (Å²) in [6.07, 6.45) is 1.08. The van der Waals surface area contributed by atoms with E-state index in [2.05, 4.69) is 60.4 Å². The fourth-order valence-electron chi connectivity index (χ4n) is 2.00. The van der Waals surface area contributed by atoms with Crippen LogP contribution in [0, 0.1) is 0 Å². The maximum atomic E-state index is 4.63. The Bertz CT molecular complexity index is 428. The lowest BCUT2D eigenvalue weighted by Gasteiger charge is -2.18. The van der Waals surface area contributed by atoms with Gasteiger partial charge in [-0.2, -0.15) is 0 Å². The highest BCUT2D eigenvalue weighted by Crippen LogP contribution is 2.22. The molecule has 19 heavy (non-hydrogen) atoms. The van der Waals surface area contributed by atoms with Gasteiger partial charge in [0.15, 0.2) is 5.17 Å². The molecule has 1 aromatic rings. The molecule has 0 atom stereocenters. The van der Waals surface area contributed by atoms with Crippen molar-refractivity contribution in [2.75, 3.05) is 30.8 Å². The average molecular weight is 277 g/mol. The molecule has 3 nitrogen and oxygen atoms in total. The molecule has 0 radical (unpaired) electrons. The van der Waals surface area contributed by atoms with Gasteiger partial charge >= 0.3 is 0 Å². The first-order chi connectivity index (χ1) is 9.07. The molecule has 0 bridgehead atoms. The van der Waals surface area contributed by atoms with Crippen LogP contribution in [0.3, 0.4) is 0 Å². The molecule has 104 valence electrons. The number of anilines is 1. The van der Waals surface area contributed by atoms with Crippen LogP contribution >= 0.6 is 11.8 Å². The monoisotopic (exact) mass is 277 g/mol. The van der Waals surface area contributed by atoms with Crippen LogP contribution < -0.4 is 10.2 Å². The number of hydrogen-bond donors (Lipinski definition) is 1. The van der Waals surface area contributed by atoms with Gasteiger partial charge in [0.2, 0.25) is 0 Å². The van der Waals surface area contributed by atoms with Crippen LogP contribution in [0.5, 0.6) is 0 Å². The highest BCUT2D eigenvalue weighted by molar-refractivity contribution is 8.14. The Hall–Kier alpha value is -1.16. The van der Waals surface area contributed by atoms with E-state index in [-0.39, 0.29) is 5.54 Å². The van der Waals surface area contributed by atoms with Crippen molar-refractivity contribution in [3.63, 3.8) is 0 Å². The number of nitrogens with one attached hydrogen (secondary N) is 1. The van der Waals surface area contributed by atoms with E-state index in [4.69, 9.17) is 0 Å². The van der Waals surface area contributed by atoms with Gasteiger partial charge in [0.25, 0.3) is 0 Å². The fourth-order valence-corrected chi connectivity index (χ4v) is 3.10. The summed E-state index contributed by atoms with van der Waals surface area (Å²) in [6.45, 7) is 6.36. The Morgan fingerprint density at radius 1 is 1.32 bits per heavy atom. The number of para-hydroxylation sites is 1. The van der Waals surface area contributed by atoms with E-state index < -0.39 is 0 Å². The van der Waals surface area contributed by atoms with Crippen molar-refractivity contribution in [1.82, 2.24) is 5.32 Å². The van der Waals surface area contributed by atoms with Gasteiger partial charge < -0.3 is 10.2 Å². The summed E-state index contributed by atoms with van der Waals surface area (Å²) in [5.74, 6) is 1.11. The third kappa shape index (κ3) is 4.46. The number of aliphatic imine (C=N–C) groups is 1. The van der Waals surface area contributed by atoms with Gasteiger partial charge in [-0.15, -0.1) is 0 Å². The molecule has 1 aliphatic heterocycles. The molecule has 2 rings (SSSR count). The highest BCUT2D eigenvalue weighted by atomic mass is 32.2. The van der Waals surface area contributed by atoms with E-state index in [0.717, 1.165) is 30.4 Å². The van der Waals surface area contributed by atoms with Gasteiger partial charge in [0.05, 0.1) is 0 Å².